The number of halogens is 2. The molecule has 1 amide bonds. The number of rotatable bonds is 5. The zero-order valence-corrected chi connectivity index (χ0v) is 19.9. The molecular weight excluding hydrogens is 477 g/mol. The maximum absolute atomic E-state index is 12.7. The summed E-state index contributed by atoms with van der Waals surface area (Å²) in [5.41, 5.74) is 1.47. The van der Waals surface area contributed by atoms with Crippen LogP contribution in [-0.4, -0.2) is 33.9 Å². The Morgan fingerprint density at radius 2 is 1.76 bits per heavy atom. The largest absolute Gasteiger partial charge is 0.480 e. The average Bonchev–Trinajstić information content (AvgIpc) is 3.34. The first-order valence-electron chi connectivity index (χ1n) is 11.5. The van der Waals surface area contributed by atoms with Crippen LogP contribution in [0.2, 0.25) is 10.0 Å². The van der Waals surface area contributed by atoms with Gasteiger partial charge in [0.15, 0.2) is 6.10 Å². The van der Waals surface area contributed by atoms with Crippen molar-refractivity contribution in [1.29, 1.82) is 0 Å². The van der Waals surface area contributed by atoms with Crippen molar-refractivity contribution in [1.82, 2.24) is 15.5 Å². The number of hydrogen-bond acceptors (Lipinski definition) is 6. The highest BCUT2D eigenvalue weighted by Crippen LogP contribution is 2.38. The summed E-state index contributed by atoms with van der Waals surface area (Å²) in [6.07, 6.45) is 2.48. The predicted molar refractivity (Wildman–Crippen MR) is 128 cm³/mol. The fourth-order valence-electron chi connectivity index (χ4n) is 4.66. The minimum Gasteiger partial charge on any atom is -0.480 e. The van der Waals surface area contributed by atoms with E-state index in [-0.39, 0.29) is 18.2 Å². The lowest BCUT2D eigenvalue weighted by molar-refractivity contribution is -0.130. The number of carbonyl (C=O) groups excluding carboxylic acids is 1. The molecule has 178 valence electrons. The van der Waals surface area contributed by atoms with Crippen molar-refractivity contribution in [3.63, 3.8) is 0 Å². The van der Waals surface area contributed by atoms with Gasteiger partial charge in [-0.1, -0.05) is 23.2 Å². The highest BCUT2D eigenvalue weighted by Gasteiger charge is 2.33. The molecule has 0 spiro atoms. The number of nitrogens with zero attached hydrogens (tertiary/aromatic N) is 2. The van der Waals surface area contributed by atoms with Crippen molar-refractivity contribution in [2.45, 2.75) is 50.2 Å². The maximum Gasteiger partial charge on any atom is 0.261 e. The van der Waals surface area contributed by atoms with E-state index in [9.17, 15) is 9.90 Å². The summed E-state index contributed by atoms with van der Waals surface area (Å²) in [6.45, 7) is 0.578. The van der Waals surface area contributed by atoms with Gasteiger partial charge >= 0.3 is 0 Å². The van der Waals surface area contributed by atoms with Gasteiger partial charge in [0, 0.05) is 40.1 Å². The van der Waals surface area contributed by atoms with E-state index in [1.807, 2.05) is 12.1 Å². The van der Waals surface area contributed by atoms with Gasteiger partial charge < -0.3 is 19.6 Å². The maximum atomic E-state index is 12.7. The van der Waals surface area contributed by atoms with Crippen LogP contribution in [0.4, 0.5) is 0 Å². The molecule has 1 fully saturated rings. The van der Waals surface area contributed by atoms with Gasteiger partial charge in [-0.2, -0.15) is 0 Å². The van der Waals surface area contributed by atoms with Crippen molar-refractivity contribution in [3.05, 3.63) is 64.0 Å². The molecule has 2 aromatic carbocycles. The molecule has 1 saturated carbocycles. The number of ether oxygens (including phenoxy) is 1. The molecule has 0 saturated heterocycles. The van der Waals surface area contributed by atoms with E-state index in [0.29, 0.717) is 45.6 Å². The smallest absolute Gasteiger partial charge is 0.261 e. The van der Waals surface area contributed by atoms with E-state index in [0.717, 1.165) is 31.2 Å². The molecule has 2 atom stereocenters. The van der Waals surface area contributed by atoms with E-state index in [1.165, 1.54) is 0 Å². The third-order valence-electron chi connectivity index (χ3n) is 6.62. The second-order valence-electron chi connectivity index (χ2n) is 8.96. The number of fused-ring (bicyclic) bond motifs is 1. The molecule has 1 aliphatic carbocycles. The Labute approximate surface area is 207 Å². The highest BCUT2D eigenvalue weighted by atomic mass is 35.5. The van der Waals surface area contributed by atoms with Crippen LogP contribution in [0.3, 0.4) is 0 Å². The third kappa shape index (κ3) is 5.06. The van der Waals surface area contributed by atoms with Gasteiger partial charge in [0.25, 0.3) is 5.91 Å². The molecule has 2 N–H and O–H groups in total. The molecule has 7 nitrogen and oxygen atoms in total. The molecular formula is C25H25Cl2N3O4. The van der Waals surface area contributed by atoms with Gasteiger partial charge in [-0.3, -0.25) is 4.79 Å². The summed E-state index contributed by atoms with van der Waals surface area (Å²) in [4.78, 5) is 12.7. The SMILES string of the molecule is O=C(NCC1CCC(c2nnc(-c3ccc(Cl)cc3)o2)CC1)[C@H]1C[C@@H](O)c2cc(Cl)ccc2O1. The first-order chi connectivity index (χ1) is 16.5. The molecule has 3 aromatic rings. The zero-order valence-electron chi connectivity index (χ0n) is 18.4. The Morgan fingerprint density at radius 1 is 1.03 bits per heavy atom. The number of carbonyl (C=O) groups is 1. The number of amides is 1. The fourth-order valence-corrected chi connectivity index (χ4v) is 4.97. The van der Waals surface area contributed by atoms with Crippen molar-refractivity contribution < 1.29 is 19.1 Å². The zero-order chi connectivity index (χ0) is 23.7. The number of hydrogen-bond donors (Lipinski definition) is 2. The first-order valence-corrected chi connectivity index (χ1v) is 12.2. The predicted octanol–water partition coefficient (Wildman–Crippen LogP) is 5.32. The molecule has 0 unspecified atom stereocenters. The highest BCUT2D eigenvalue weighted by molar-refractivity contribution is 6.31. The number of nitrogens with one attached hydrogen (secondary N) is 1. The third-order valence-corrected chi connectivity index (χ3v) is 7.11. The van der Waals surface area contributed by atoms with E-state index in [4.69, 9.17) is 32.4 Å². The number of benzene rings is 2. The van der Waals surface area contributed by atoms with Crippen molar-refractivity contribution in [2.24, 2.45) is 5.92 Å². The van der Waals surface area contributed by atoms with Crippen LogP contribution >= 0.6 is 23.2 Å². The summed E-state index contributed by atoms with van der Waals surface area (Å²) in [5, 5.41) is 23.1. The van der Waals surface area contributed by atoms with E-state index < -0.39 is 12.2 Å². The van der Waals surface area contributed by atoms with Gasteiger partial charge in [-0.05, 0) is 74.1 Å². The van der Waals surface area contributed by atoms with Gasteiger partial charge in [0.2, 0.25) is 11.8 Å². The minimum atomic E-state index is -0.777. The Hall–Kier alpha value is -2.61. The molecule has 1 aliphatic heterocycles. The van der Waals surface area contributed by atoms with Crippen molar-refractivity contribution in [3.8, 4) is 17.2 Å². The lowest BCUT2D eigenvalue weighted by Gasteiger charge is -2.30. The molecule has 2 heterocycles. The van der Waals surface area contributed by atoms with Gasteiger partial charge in [0.1, 0.15) is 5.75 Å². The molecule has 2 aliphatic rings. The van der Waals surface area contributed by atoms with Crippen molar-refractivity contribution in [2.75, 3.05) is 6.54 Å². The molecule has 9 heteroatoms. The Balaban J connectivity index is 1.11. The summed E-state index contributed by atoms with van der Waals surface area (Å²) in [5.74, 6) is 2.06. The van der Waals surface area contributed by atoms with Crippen LogP contribution in [0.25, 0.3) is 11.5 Å². The summed E-state index contributed by atoms with van der Waals surface area (Å²) < 4.78 is 11.7. The van der Waals surface area contributed by atoms with E-state index in [2.05, 4.69) is 15.5 Å². The number of aliphatic hydroxyl groups is 1. The topological polar surface area (TPSA) is 97.5 Å². The van der Waals surface area contributed by atoms with E-state index >= 15 is 0 Å². The van der Waals surface area contributed by atoms with Crippen LogP contribution < -0.4 is 10.1 Å². The Bertz CT molecular complexity index is 1160. The molecule has 0 bridgehead atoms. The van der Waals surface area contributed by atoms with Crippen LogP contribution in [0, 0.1) is 5.92 Å². The minimum absolute atomic E-state index is 0.203. The first kappa shape index (κ1) is 23.1. The average molecular weight is 502 g/mol. The second kappa shape index (κ2) is 9.94. The quantitative estimate of drug-likeness (QED) is 0.490. The summed E-state index contributed by atoms with van der Waals surface area (Å²) >= 11 is 11.9. The van der Waals surface area contributed by atoms with Crippen molar-refractivity contribution >= 4 is 29.1 Å². The van der Waals surface area contributed by atoms with Gasteiger partial charge in [-0.25, -0.2) is 0 Å². The van der Waals surface area contributed by atoms with Gasteiger partial charge in [0.05, 0.1) is 6.10 Å². The number of aliphatic hydroxyl groups excluding tert-OH is 1. The lowest BCUT2D eigenvalue weighted by atomic mass is 9.82. The fraction of sp³-hybridized carbons (Fsp3) is 0.400. The Kier molecular flexibility index (Phi) is 6.77. The Morgan fingerprint density at radius 3 is 2.53 bits per heavy atom. The van der Waals surface area contributed by atoms with Gasteiger partial charge in [-0.15, -0.1) is 10.2 Å². The standard InChI is InChI=1S/C25H25Cl2N3O4/c26-17-7-5-16(6-8-17)25-30-29-24(34-25)15-3-1-14(2-4-15)13-28-23(32)22-12-20(31)19-11-18(27)9-10-21(19)33-22/h5-11,14-15,20,22,31H,1-4,12-13H2,(H,28,32)/t14?,15?,20-,22-/m1/s1. The van der Waals surface area contributed by atoms with Crippen LogP contribution in [-0.2, 0) is 4.79 Å². The second-order valence-corrected chi connectivity index (χ2v) is 9.83. The summed E-state index contributed by atoms with van der Waals surface area (Å²) in [7, 11) is 0. The van der Waals surface area contributed by atoms with E-state index in [1.54, 1.807) is 30.3 Å². The normalized spacial score (nSPS) is 24.2. The molecule has 0 radical (unpaired) electrons. The summed E-state index contributed by atoms with van der Waals surface area (Å²) in [6, 6.07) is 12.4. The molecule has 34 heavy (non-hydrogen) atoms. The molecule has 1 aromatic heterocycles. The van der Waals surface area contributed by atoms with Crippen LogP contribution in [0.5, 0.6) is 5.75 Å². The lowest BCUT2D eigenvalue weighted by Crippen LogP contribution is -2.43. The molecule has 5 rings (SSSR count). The monoisotopic (exact) mass is 501 g/mol. The number of aromatic nitrogens is 2. The van der Waals surface area contributed by atoms with Crippen LogP contribution in [0.15, 0.2) is 46.9 Å². The van der Waals surface area contributed by atoms with Crippen LogP contribution in [0.1, 0.15) is 55.6 Å².